The van der Waals surface area contributed by atoms with Gasteiger partial charge in [-0.05, 0) is 30.1 Å². The molecule has 3 fully saturated rings. The summed E-state index contributed by atoms with van der Waals surface area (Å²) in [6.45, 7) is 7.03. The summed E-state index contributed by atoms with van der Waals surface area (Å²) in [4.78, 5) is 29.1. The molecule has 1 spiro atoms. The van der Waals surface area contributed by atoms with Crippen molar-refractivity contribution in [2.45, 2.75) is 80.9 Å². The number of aliphatic hydroxyl groups excluding tert-OH is 2. The molecule has 3 aliphatic rings. The first-order chi connectivity index (χ1) is 14.4. The lowest BCUT2D eigenvalue weighted by Gasteiger charge is -2.58. The van der Waals surface area contributed by atoms with Gasteiger partial charge in [0.15, 0.2) is 8.32 Å². The third kappa shape index (κ3) is 3.38. The number of rotatable bonds is 7. The molecule has 2 saturated heterocycles. The van der Waals surface area contributed by atoms with Gasteiger partial charge in [-0.25, -0.2) is 5.06 Å². The fourth-order valence-corrected chi connectivity index (χ4v) is 5.76. The fraction of sp³-hybridized carbons (Fsp3) is 0.682. The van der Waals surface area contributed by atoms with Crippen LogP contribution in [-0.2, 0) is 21.0 Å². The van der Waals surface area contributed by atoms with Gasteiger partial charge in [0.25, 0.3) is 0 Å². The second-order valence-electron chi connectivity index (χ2n) is 10.4. The predicted molar refractivity (Wildman–Crippen MR) is 114 cm³/mol. The van der Waals surface area contributed by atoms with Gasteiger partial charge in [-0.1, -0.05) is 44.2 Å². The van der Waals surface area contributed by atoms with Crippen LogP contribution in [-0.4, -0.2) is 75.5 Å². The molecule has 2 heterocycles. The lowest BCUT2D eigenvalue weighted by Crippen LogP contribution is -2.78. The van der Waals surface area contributed by atoms with Crippen molar-refractivity contribution in [2.24, 2.45) is 5.92 Å². The first kappa shape index (κ1) is 22.8. The van der Waals surface area contributed by atoms with Crippen molar-refractivity contribution in [3.63, 3.8) is 0 Å². The van der Waals surface area contributed by atoms with E-state index in [9.17, 15) is 24.9 Å². The third-order valence-electron chi connectivity index (χ3n) is 7.89. The smallest absolute Gasteiger partial charge is 0.249 e. The van der Waals surface area contributed by atoms with Gasteiger partial charge in [0.2, 0.25) is 5.91 Å². The first-order valence-electron chi connectivity index (χ1n) is 10.8. The number of carbonyl (C=O) groups excluding carboxylic acids is 1. The van der Waals surface area contributed by atoms with Crippen molar-refractivity contribution in [1.29, 1.82) is 0 Å². The van der Waals surface area contributed by atoms with Crippen molar-refractivity contribution < 1.29 is 34.5 Å². The summed E-state index contributed by atoms with van der Waals surface area (Å²) in [6.07, 6.45) is -2.19. The van der Waals surface area contributed by atoms with Crippen molar-refractivity contribution >= 4 is 14.2 Å². The van der Waals surface area contributed by atoms with E-state index in [1.54, 1.807) is 0 Å². The number of fused-ring (bicyclic) bond motifs is 2. The zero-order valence-electron chi connectivity index (χ0n) is 18.5. The molecular weight excluding hydrogens is 418 g/mol. The normalized spacial score (nSPS) is 37.5. The van der Waals surface area contributed by atoms with Gasteiger partial charge in [0.05, 0.1) is 19.1 Å². The topological polar surface area (TPSA) is 123 Å². The minimum absolute atomic E-state index is 0.0442. The highest BCUT2D eigenvalue weighted by molar-refractivity contribution is 6.72. The van der Waals surface area contributed by atoms with Crippen LogP contribution in [0.5, 0.6) is 0 Å². The summed E-state index contributed by atoms with van der Waals surface area (Å²) < 4.78 is 5.78. The second kappa shape index (κ2) is 7.34. The fourth-order valence-electron chi connectivity index (χ4n) is 5.04. The molecule has 4 N–H and O–H groups in total. The Morgan fingerprint density at radius 1 is 1.26 bits per heavy atom. The first-order valence-corrected chi connectivity index (χ1v) is 13.7. The molecule has 0 aromatic heterocycles. The average molecular weight is 452 g/mol. The standard InChI is InChI=1S/C22H33NO7Si/c1-20(2,31(3,4)28)10-15-17(26)21(18-19(30-18)22(15,27)13-24)11-16(25)23(21)29-12-14-8-6-5-7-9-14/h5-9,15,17-19,24,26-28H,10-13H2,1-4H3/t15-,17+,18+,19-,21-,22+/m0/s1. The van der Waals surface area contributed by atoms with E-state index in [1.165, 1.54) is 5.06 Å². The monoisotopic (exact) mass is 451 g/mol. The van der Waals surface area contributed by atoms with Crippen molar-refractivity contribution in [2.75, 3.05) is 6.61 Å². The Kier molecular flexibility index (Phi) is 5.41. The van der Waals surface area contributed by atoms with E-state index in [2.05, 4.69) is 0 Å². The number of hydroxylamine groups is 2. The zero-order valence-corrected chi connectivity index (χ0v) is 19.5. The molecule has 0 unspecified atom stereocenters. The Hall–Kier alpha value is -1.33. The number of ether oxygens (including phenoxy) is 1. The summed E-state index contributed by atoms with van der Waals surface area (Å²) in [7, 11) is -2.67. The van der Waals surface area contributed by atoms with Crippen LogP contribution < -0.4 is 0 Å². The maximum Gasteiger partial charge on any atom is 0.249 e. The maximum atomic E-state index is 12.5. The molecule has 1 aromatic carbocycles. The molecule has 8 nitrogen and oxygen atoms in total. The number of aliphatic hydroxyl groups is 3. The number of amides is 1. The Morgan fingerprint density at radius 3 is 2.45 bits per heavy atom. The van der Waals surface area contributed by atoms with Crippen LogP contribution in [0.2, 0.25) is 18.1 Å². The largest absolute Gasteiger partial charge is 0.432 e. The average Bonchev–Trinajstić information content (AvgIpc) is 3.50. The van der Waals surface area contributed by atoms with Crippen LogP contribution >= 0.6 is 0 Å². The van der Waals surface area contributed by atoms with Gasteiger partial charge in [0.1, 0.15) is 30.0 Å². The van der Waals surface area contributed by atoms with E-state index >= 15 is 0 Å². The third-order valence-corrected chi connectivity index (χ3v) is 11.4. The van der Waals surface area contributed by atoms with E-state index < -0.39 is 55.3 Å². The molecule has 0 radical (unpaired) electrons. The van der Waals surface area contributed by atoms with Crippen LogP contribution in [0, 0.1) is 5.92 Å². The molecular formula is C22H33NO7Si. The second-order valence-corrected chi connectivity index (χ2v) is 14.9. The molecule has 1 aromatic rings. The lowest BCUT2D eigenvalue weighted by atomic mass is 9.59. The van der Waals surface area contributed by atoms with Crippen LogP contribution in [0.25, 0.3) is 0 Å². The highest BCUT2D eigenvalue weighted by atomic mass is 28.4. The quantitative estimate of drug-likeness (QED) is 0.276. The molecule has 1 saturated carbocycles. The van der Waals surface area contributed by atoms with Crippen molar-refractivity contribution in [3.8, 4) is 0 Å². The van der Waals surface area contributed by atoms with Crippen molar-refractivity contribution in [3.05, 3.63) is 35.9 Å². The molecule has 0 bridgehead atoms. The van der Waals surface area contributed by atoms with Crippen LogP contribution in [0.4, 0.5) is 0 Å². The summed E-state index contributed by atoms with van der Waals surface area (Å²) in [5.74, 6) is -1.06. The summed E-state index contributed by atoms with van der Waals surface area (Å²) in [5, 5.41) is 33.6. The summed E-state index contributed by atoms with van der Waals surface area (Å²) in [6, 6.07) is 9.41. The van der Waals surface area contributed by atoms with Gasteiger partial charge in [-0.2, -0.15) is 0 Å². The minimum atomic E-state index is -2.67. The van der Waals surface area contributed by atoms with Crippen LogP contribution in [0.15, 0.2) is 30.3 Å². The van der Waals surface area contributed by atoms with Gasteiger partial charge >= 0.3 is 0 Å². The van der Waals surface area contributed by atoms with E-state index in [0.717, 1.165) is 5.56 Å². The molecule has 6 atom stereocenters. The Bertz CT molecular complexity index is 844. The number of benzene rings is 1. The van der Waals surface area contributed by atoms with E-state index in [-0.39, 0.29) is 25.4 Å². The van der Waals surface area contributed by atoms with Crippen LogP contribution in [0.1, 0.15) is 32.3 Å². The Balaban J connectivity index is 1.62. The highest BCUT2D eigenvalue weighted by Gasteiger charge is 2.80. The van der Waals surface area contributed by atoms with Crippen LogP contribution in [0.3, 0.4) is 0 Å². The molecule has 172 valence electrons. The van der Waals surface area contributed by atoms with Gasteiger partial charge in [0, 0.05) is 5.92 Å². The number of hydrogen-bond acceptors (Lipinski definition) is 7. The maximum absolute atomic E-state index is 12.5. The van der Waals surface area contributed by atoms with Crippen molar-refractivity contribution in [1.82, 2.24) is 5.06 Å². The molecule has 4 rings (SSSR count). The Labute approximate surface area is 183 Å². The number of nitrogens with zero attached hydrogens (tertiary/aromatic N) is 1. The number of epoxide rings is 1. The predicted octanol–water partition coefficient (Wildman–Crippen LogP) is 0.939. The molecule has 2 aliphatic heterocycles. The van der Waals surface area contributed by atoms with Gasteiger partial charge in [-0.15, -0.1) is 0 Å². The highest BCUT2D eigenvalue weighted by Crippen LogP contribution is 2.61. The lowest BCUT2D eigenvalue weighted by molar-refractivity contribution is -0.302. The van der Waals surface area contributed by atoms with E-state index in [1.807, 2.05) is 57.3 Å². The Morgan fingerprint density at radius 2 is 1.90 bits per heavy atom. The zero-order chi connectivity index (χ0) is 22.8. The molecule has 31 heavy (non-hydrogen) atoms. The van der Waals surface area contributed by atoms with Gasteiger partial charge in [-0.3, -0.25) is 9.63 Å². The molecule has 9 heteroatoms. The minimum Gasteiger partial charge on any atom is -0.432 e. The SMILES string of the molecule is CC(C)(C[C@H]1[C@@H](O)[C@@]2(CC(=O)N2OCc2ccccc2)[C@@H]2O[C@@H]2[C@@]1(O)CO)[Si](C)(C)O. The molecule has 1 aliphatic carbocycles. The summed E-state index contributed by atoms with van der Waals surface area (Å²) >= 11 is 0. The summed E-state index contributed by atoms with van der Waals surface area (Å²) in [5.41, 5.74) is -1.89. The van der Waals surface area contributed by atoms with Gasteiger partial charge < -0.3 is 24.9 Å². The van der Waals surface area contributed by atoms with E-state index in [4.69, 9.17) is 9.57 Å². The number of carbonyl (C=O) groups is 1. The van der Waals surface area contributed by atoms with E-state index in [0.29, 0.717) is 0 Å². The molecule has 1 amide bonds. The number of hydrogen-bond donors (Lipinski definition) is 4. The number of β-lactam (4-membered cyclic amide) rings is 1.